The lowest BCUT2D eigenvalue weighted by Gasteiger charge is -2.28. The SMILES string of the molecule is COC(=O)c1ccc2nc(CC3CC=C(c4cccc(OCc5ccc(Cl)c6ccoc56)n4)CC3)n(C[C@@H]3CCO3)c2c1. The number of methoxy groups -OCH3 is 1. The summed E-state index contributed by atoms with van der Waals surface area (Å²) in [5.74, 6) is 1.73. The van der Waals surface area contributed by atoms with E-state index in [2.05, 4.69) is 10.6 Å². The van der Waals surface area contributed by atoms with Gasteiger partial charge in [-0.1, -0.05) is 29.8 Å². The molecular weight excluding hydrogens is 566 g/mol. The van der Waals surface area contributed by atoms with Gasteiger partial charge in [-0.25, -0.2) is 14.8 Å². The molecule has 43 heavy (non-hydrogen) atoms. The fourth-order valence-corrected chi connectivity index (χ4v) is 6.21. The van der Waals surface area contributed by atoms with Crippen molar-refractivity contribution in [2.45, 2.75) is 51.4 Å². The highest BCUT2D eigenvalue weighted by molar-refractivity contribution is 6.35. The van der Waals surface area contributed by atoms with Crippen LogP contribution in [0.4, 0.5) is 0 Å². The Kier molecular flexibility index (Phi) is 7.63. The van der Waals surface area contributed by atoms with Gasteiger partial charge in [-0.3, -0.25) is 0 Å². The topological polar surface area (TPSA) is 88.6 Å². The van der Waals surface area contributed by atoms with E-state index in [9.17, 15) is 4.79 Å². The van der Waals surface area contributed by atoms with Crippen molar-refractivity contribution < 1.29 is 23.4 Å². The maximum atomic E-state index is 12.2. The highest BCUT2D eigenvalue weighted by atomic mass is 35.5. The van der Waals surface area contributed by atoms with Crippen molar-refractivity contribution in [2.75, 3.05) is 13.7 Å². The molecule has 1 aliphatic carbocycles. The number of nitrogens with zero attached hydrogens (tertiary/aromatic N) is 3. The molecule has 7 rings (SSSR count). The third kappa shape index (κ3) is 5.65. The molecule has 1 unspecified atom stereocenters. The smallest absolute Gasteiger partial charge is 0.337 e. The van der Waals surface area contributed by atoms with Crippen LogP contribution >= 0.6 is 11.6 Å². The zero-order chi connectivity index (χ0) is 29.3. The maximum absolute atomic E-state index is 12.2. The van der Waals surface area contributed by atoms with Crippen molar-refractivity contribution in [2.24, 2.45) is 5.92 Å². The Morgan fingerprint density at radius 3 is 2.81 bits per heavy atom. The molecule has 5 aromatic rings. The monoisotopic (exact) mass is 597 g/mol. The molecule has 0 radical (unpaired) electrons. The molecule has 4 heterocycles. The molecule has 2 aliphatic rings. The van der Waals surface area contributed by atoms with E-state index >= 15 is 0 Å². The van der Waals surface area contributed by atoms with Crippen molar-refractivity contribution >= 4 is 45.1 Å². The molecular formula is C34H32ClN3O5. The number of ether oxygens (including phenoxy) is 3. The Labute approximate surface area is 254 Å². The van der Waals surface area contributed by atoms with Gasteiger partial charge in [-0.05, 0) is 73.6 Å². The summed E-state index contributed by atoms with van der Waals surface area (Å²) in [7, 11) is 1.40. The van der Waals surface area contributed by atoms with Crippen molar-refractivity contribution in [1.29, 1.82) is 0 Å². The maximum Gasteiger partial charge on any atom is 0.337 e. The summed E-state index contributed by atoms with van der Waals surface area (Å²) in [6.07, 6.45) is 8.94. The van der Waals surface area contributed by atoms with Crippen LogP contribution in [0, 0.1) is 5.92 Å². The zero-order valence-corrected chi connectivity index (χ0v) is 24.7. The van der Waals surface area contributed by atoms with Crippen LogP contribution in [-0.4, -0.2) is 40.3 Å². The lowest BCUT2D eigenvalue weighted by molar-refractivity contribution is -0.0590. The number of hydrogen-bond donors (Lipinski definition) is 0. The van der Waals surface area contributed by atoms with Crippen LogP contribution in [-0.2, 0) is 29.0 Å². The number of carbonyl (C=O) groups is 1. The summed E-state index contributed by atoms with van der Waals surface area (Å²) < 4.78 is 24.6. The predicted molar refractivity (Wildman–Crippen MR) is 164 cm³/mol. The van der Waals surface area contributed by atoms with E-state index in [4.69, 9.17) is 40.2 Å². The molecule has 0 spiro atoms. The first-order valence-corrected chi connectivity index (χ1v) is 15.1. The third-order valence-electron chi connectivity index (χ3n) is 8.49. The van der Waals surface area contributed by atoms with E-state index in [0.717, 1.165) is 84.3 Å². The van der Waals surface area contributed by atoms with Gasteiger partial charge < -0.3 is 23.2 Å². The van der Waals surface area contributed by atoms with Crippen LogP contribution < -0.4 is 4.74 Å². The molecule has 0 bridgehead atoms. The largest absolute Gasteiger partial charge is 0.473 e. The van der Waals surface area contributed by atoms with Gasteiger partial charge in [0.05, 0.1) is 53.3 Å². The Morgan fingerprint density at radius 2 is 2.02 bits per heavy atom. The Bertz CT molecular complexity index is 1840. The molecule has 1 saturated heterocycles. The number of carbonyl (C=O) groups excluding carboxylic acids is 1. The molecule has 1 fully saturated rings. The van der Waals surface area contributed by atoms with E-state index in [-0.39, 0.29) is 12.1 Å². The molecule has 8 nitrogen and oxygen atoms in total. The minimum Gasteiger partial charge on any atom is -0.473 e. The van der Waals surface area contributed by atoms with Crippen molar-refractivity contribution in [3.63, 3.8) is 0 Å². The summed E-state index contributed by atoms with van der Waals surface area (Å²) in [6, 6.07) is 17.1. The number of allylic oxidation sites excluding steroid dienone is 2. The number of pyridine rings is 1. The van der Waals surface area contributed by atoms with Crippen molar-refractivity contribution in [3.05, 3.63) is 94.6 Å². The average molecular weight is 598 g/mol. The number of fused-ring (bicyclic) bond motifs is 2. The van der Waals surface area contributed by atoms with Gasteiger partial charge >= 0.3 is 5.97 Å². The molecule has 3 aromatic heterocycles. The van der Waals surface area contributed by atoms with Crippen LogP contribution in [0.5, 0.6) is 5.88 Å². The summed E-state index contributed by atoms with van der Waals surface area (Å²) in [6.45, 7) is 1.88. The van der Waals surface area contributed by atoms with Crippen LogP contribution in [0.15, 0.2) is 71.4 Å². The van der Waals surface area contributed by atoms with Gasteiger partial charge in [0.15, 0.2) is 0 Å². The number of hydrogen-bond acceptors (Lipinski definition) is 7. The third-order valence-corrected chi connectivity index (χ3v) is 8.82. The lowest BCUT2D eigenvalue weighted by atomic mass is 9.86. The van der Waals surface area contributed by atoms with E-state index in [1.54, 1.807) is 12.3 Å². The fraction of sp³-hybridized carbons (Fsp3) is 0.324. The minimum absolute atomic E-state index is 0.182. The molecule has 0 amide bonds. The molecule has 2 aromatic carbocycles. The zero-order valence-electron chi connectivity index (χ0n) is 23.9. The standard InChI is InChI=1S/C34H32ClN3O5/c1-40-34(39)23-10-12-29-30(18-23)38(19-25-13-15-41-25)31(36-29)17-21-5-7-22(8-6-21)28-3-2-4-32(37-28)43-20-24-9-11-27(35)26-14-16-42-33(24)26/h2-4,7,9-12,14,16,18,21,25H,5-6,8,13,15,17,19-20H2,1H3/t21?,25-/m0/s1. The molecule has 1 aliphatic heterocycles. The van der Waals surface area contributed by atoms with Crippen LogP contribution in [0.25, 0.3) is 27.6 Å². The second-order valence-corrected chi connectivity index (χ2v) is 11.6. The number of aromatic nitrogens is 3. The molecule has 9 heteroatoms. The first kappa shape index (κ1) is 27.7. The first-order valence-electron chi connectivity index (χ1n) is 14.7. The number of furan rings is 1. The van der Waals surface area contributed by atoms with Gasteiger partial charge in [0, 0.05) is 30.0 Å². The van der Waals surface area contributed by atoms with E-state index < -0.39 is 0 Å². The van der Waals surface area contributed by atoms with Gasteiger partial charge in [0.2, 0.25) is 5.88 Å². The lowest BCUT2D eigenvalue weighted by Crippen LogP contribution is -2.32. The van der Waals surface area contributed by atoms with Crippen molar-refractivity contribution in [3.8, 4) is 5.88 Å². The minimum atomic E-state index is -0.344. The Hall–Kier alpha value is -4.14. The van der Waals surface area contributed by atoms with Gasteiger partial charge in [0.25, 0.3) is 0 Å². The van der Waals surface area contributed by atoms with Crippen LogP contribution in [0.1, 0.15) is 53.1 Å². The summed E-state index contributed by atoms with van der Waals surface area (Å²) >= 11 is 6.28. The average Bonchev–Trinajstić information content (AvgIpc) is 3.64. The number of benzene rings is 2. The summed E-state index contributed by atoms with van der Waals surface area (Å²) in [5.41, 5.74) is 6.22. The van der Waals surface area contributed by atoms with Crippen LogP contribution in [0.2, 0.25) is 5.02 Å². The predicted octanol–water partition coefficient (Wildman–Crippen LogP) is 7.41. The molecule has 0 saturated carbocycles. The normalized spacial score (nSPS) is 18.4. The number of imidazole rings is 1. The van der Waals surface area contributed by atoms with Gasteiger partial charge in [0.1, 0.15) is 18.0 Å². The van der Waals surface area contributed by atoms with E-state index in [0.29, 0.717) is 29.0 Å². The quantitative estimate of drug-likeness (QED) is 0.163. The molecule has 220 valence electrons. The van der Waals surface area contributed by atoms with Crippen molar-refractivity contribution in [1.82, 2.24) is 14.5 Å². The Balaban J connectivity index is 1.05. The summed E-state index contributed by atoms with van der Waals surface area (Å²) in [4.78, 5) is 22.0. The van der Waals surface area contributed by atoms with Crippen LogP contribution in [0.3, 0.4) is 0 Å². The van der Waals surface area contributed by atoms with Gasteiger partial charge in [-0.15, -0.1) is 0 Å². The van der Waals surface area contributed by atoms with E-state index in [1.165, 1.54) is 12.7 Å². The fourth-order valence-electron chi connectivity index (χ4n) is 6.00. The van der Waals surface area contributed by atoms with E-state index in [1.807, 2.05) is 48.5 Å². The molecule has 0 N–H and O–H groups in total. The number of rotatable bonds is 9. The highest BCUT2D eigenvalue weighted by Gasteiger charge is 2.25. The second kappa shape index (κ2) is 11.9. The first-order chi connectivity index (χ1) is 21.1. The summed E-state index contributed by atoms with van der Waals surface area (Å²) in [5, 5.41) is 1.54. The van der Waals surface area contributed by atoms with Gasteiger partial charge in [-0.2, -0.15) is 0 Å². The number of esters is 1. The highest BCUT2D eigenvalue weighted by Crippen LogP contribution is 2.34. The Morgan fingerprint density at radius 1 is 1.12 bits per heavy atom. The molecule has 2 atom stereocenters. The second-order valence-electron chi connectivity index (χ2n) is 11.2. The number of halogens is 1.